The SMILES string of the molecule is O=C(COC(=O)CCNS(=O)(=O)c1cccc(C(F)(F)F)c1)Nc1cccc(Cl)c1Cl. The minimum absolute atomic E-state index is 0.104. The van der Waals surface area contributed by atoms with E-state index in [-0.39, 0.29) is 15.7 Å². The van der Waals surface area contributed by atoms with Crippen LogP contribution in [0.25, 0.3) is 0 Å². The first kappa shape index (κ1) is 24.9. The van der Waals surface area contributed by atoms with Crippen LogP contribution in [-0.2, 0) is 30.5 Å². The fourth-order valence-electron chi connectivity index (χ4n) is 2.22. The number of anilines is 1. The van der Waals surface area contributed by atoms with Crippen LogP contribution in [0.4, 0.5) is 18.9 Å². The van der Waals surface area contributed by atoms with E-state index >= 15 is 0 Å². The number of hydrogen-bond acceptors (Lipinski definition) is 5. The number of amides is 1. The number of hydrogen-bond donors (Lipinski definition) is 2. The second kappa shape index (κ2) is 10.3. The first-order chi connectivity index (χ1) is 14.4. The maximum Gasteiger partial charge on any atom is 0.416 e. The van der Waals surface area contributed by atoms with Gasteiger partial charge in [-0.25, -0.2) is 13.1 Å². The maximum absolute atomic E-state index is 12.7. The van der Waals surface area contributed by atoms with Crippen molar-refractivity contribution < 1.29 is 35.9 Å². The molecule has 7 nitrogen and oxygen atoms in total. The van der Waals surface area contributed by atoms with Gasteiger partial charge < -0.3 is 10.1 Å². The van der Waals surface area contributed by atoms with Crippen molar-refractivity contribution in [3.05, 3.63) is 58.1 Å². The van der Waals surface area contributed by atoms with Gasteiger partial charge in [-0.05, 0) is 30.3 Å². The highest BCUT2D eigenvalue weighted by Crippen LogP contribution is 2.30. The van der Waals surface area contributed by atoms with Gasteiger partial charge in [0.05, 0.1) is 32.6 Å². The zero-order valence-electron chi connectivity index (χ0n) is 15.5. The number of rotatable bonds is 8. The molecular weight excluding hydrogens is 484 g/mol. The van der Waals surface area contributed by atoms with Crippen LogP contribution >= 0.6 is 23.2 Å². The Labute approximate surface area is 185 Å². The quantitative estimate of drug-likeness (QED) is 0.538. The van der Waals surface area contributed by atoms with Crippen LogP contribution in [0, 0.1) is 0 Å². The van der Waals surface area contributed by atoms with Gasteiger partial charge in [0.2, 0.25) is 10.0 Å². The van der Waals surface area contributed by atoms with Crippen molar-refractivity contribution in [3.8, 4) is 0 Å². The van der Waals surface area contributed by atoms with E-state index < -0.39 is 58.1 Å². The Bertz CT molecular complexity index is 1080. The highest BCUT2D eigenvalue weighted by atomic mass is 35.5. The van der Waals surface area contributed by atoms with Gasteiger partial charge in [-0.15, -0.1) is 0 Å². The number of ether oxygens (including phenoxy) is 1. The third-order valence-corrected chi connectivity index (χ3v) is 5.96. The van der Waals surface area contributed by atoms with Crippen molar-refractivity contribution in [2.75, 3.05) is 18.5 Å². The van der Waals surface area contributed by atoms with Crippen molar-refractivity contribution >= 4 is 50.8 Å². The van der Waals surface area contributed by atoms with E-state index in [0.29, 0.717) is 6.07 Å². The molecule has 0 aliphatic heterocycles. The summed E-state index contributed by atoms with van der Waals surface area (Å²) in [6, 6.07) is 7.70. The Balaban J connectivity index is 1.82. The lowest BCUT2D eigenvalue weighted by Gasteiger charge is -2.11. The Kier molecular flexibility index (Phi) is 8.29. The number of carbonyl (C=O) groups is 2. The molecule has 2 N–H and O–H groups in total. The van der Waals surface area contributed by atoms with E-state index in [2.05, 4.69) is 5.32 Å². The van der Waals surface area contributed by atoms with Crippen LogP contribution in [0.1, 0.15) is 12.0 Å². The zero-order chi connectivity index (χ0) is 23.2. The predicted octanol–water partition coefficient (Wildman–Crippen LogP) is 3.86. The summed E-state index contributed by atoms with van der Waals surface area (Å²) in [5.74, 6) is -1.61. The Hall–Kier alpha value is -2.34. The molecule has 0 spiro atoms. The topological polar surface area (TPSA) is 102 Å². The van der Waals surface area contributed by atoms with Gasteiger partial charge in [-0.3, -0.25) is 9.59 Å². The maximum atomic E-state index is 12.7. The number of carbonyl (C=O) groups excluding carboxylic acids is 2. The first-order valence-corrected chi connectivity index (χ1v) is 10.7. The summed E-state index contributed by atoms with van der Waals surface area (Å²) in [5, 5.41) is 2.71. The molecule has 13 heteroatoms. The third-order valence-electron chi connectivity index (χ3n) is 3.68. The summed E-state index contributed by atoms with van der Waals surface area (Å²) in [6.45, 7) is -1.11. The molecule has 0 aromatic heterocycles. The van der Waals surface area contributed by atoms with E-state index in [1.165, 1.54) is 12.1 Å². The summed E-state index contributed by atoms with van der Waals surface area (Å²) >= 11 is 11.7. The van der Waals surface area contributed by atoms with E-state index in [9.17, 15) is 31.2 Å². The predicted molar refractivity (Wildman–Crippen MR) is 107 cm³/mol. The molecule has 0 saturated heterocycles. The minimum atomic E-state index is -4.70. The molecule has 168 valence electrons. The van der Waals surface area contributed by atoms with Gasteiger partial charge >= 0.3 is 12.1 Å². The van der Waals surface area contributed by atoms with Crippen molar-refractivity contribution in [2.24, 2.45) is 0 Å². The van der Waals surface area contributed by atoms with Crippen LogP contribution in [0.5, 0.6) is 0 Å². The van der Waals surface area contributed by atoms with E-state index in [1.807, 2.05) is 4.72 Å². The van der Waals surface area contributed by atoms with Crippen LogP contribution in [0.3, 0.4) is 0 Å². The number of alkyl halides is 3. The van der Waals surface area contributed by atoms with E-state index in [0.717, 1.165) is 18.2 Å². The van der Waals surface area contributed by atoms with Crippen molar-refractivity contribution in [1.29, 1.82) is 0 Å². The second-order valence-electron chi connectivity index (χ2n) is 5.98. The Morgan fingerprint density at radius 3 is 2.42 bits per heavy atom. The van der Waals surface area contributed by atoms with Crippen LogP contribution < -0.4 is 10.0 Å². The lowest BCUT2D eigenvalue weighted by Crippen LogP contribution is -2.28. The number of halogens is 5. The molecule has 0 bridgehead atoms. The van der Waals surface area contributed by atoms with Gasteiger partial charge in [0, 0.05) is 6.54 Å². The number of sulfonamides is 1. The molecule has 0 fully saturated rings. The lowest BCUT2D eigenvalue weighted by atomic mass is 10.2. The Morgan fingerprint density at radius 1 is 1.06 bits per heavy atom. The third kappa shape index (κ3) is 7.39. The van der Waals surface area contributed by atoms with Crippen molar-refractivity contribution in [2.45, 2.75) is 17.5 Å². The molecule has 0 aliphatic carbocycles. The lowest BCUT2D eigenvalue weighted by molar-refractivity contribution is -0.147. The second-order valence-corrected chi connectivity index (χ2v) is 8.54. The van der Waals surface area contributed by atoms with Crippen LogP contribution in [0.15, 0.2) is 47.4 Å². The molecule has 0 aliphatic rings. The molecular formula is C18H15Cl2F3N2O5S. The fourth-order valence-corrected chi connectivity index (χ4v) is 3.64. The summed E-state index contributed by atoms with van der Waals surface area (Å²) in [4.78, 5) is 22.9. The molecule has 0 heterocycles. The van der Waals surface area contributed by atoms with Gasteiger partial charge in [0.15, 0.2) is 6.61 Å². The molecule has 0 atom stereocenters. The van der Waals surface area contributed by atoms with E-state index in [4.69, 9.17) is 27.9 Å². The van der Waals surface area contributed by atoms with Gasteiger partial charge in [0.25, 0.3) is 5.91 Å². The number of esters is 1. The monoisotopic (exact) mass is 498 g/mol. The van der Waals surface area contributed by atoms with Gasteiger partial charge in [0.1, 0.15) is 0 Å². The Morgan fingerprint density at radius 2 is 1.74 bits per heavy atom. The largest absolute Gasteiger partial charge is 0.456 e. The average molecular weight is 499 g/mol. The average Bonchev–Trinajstić information content (AvgIpc) is 2.69. The molecule has 31 heavy (non-hydrogen) atoms. The van der Waals surface area contributed by atoms with Crippen LogP contribution in [-0.4, -0.2) is 33.4 Å². The van der Waals surface area contributed by atoms with Gasteiger partial charge in [-0.2, -0.15) is 13.2 Å². The molecule has 0 radical (unpaired) electrons. The normalized spacial score (nSPS) is 11.8. The van der Waals surface area contributed by atoms with Crippen LogP contribution in [0.2, 0.25) is 10.0 Å². The molecule has 2 aromatic rings. The molecule has 0 saturated carbocycles. The standard InChI is InChI=1S/C18H15Cl2F3N2O5S/c19-13-5-2-6-14(17(13)20)25-15(26)10-30-16(27)7-8-24-31(28,29)12-4-1-3-11(9-12)18(21,22)23/h1-6,9,24H,7-8,10H2,(H,25,26). The number of benzene rings is 2. The molecule has 1 amide bonds. The number of nitrogens with one attached hydrogen (secondary N) is 2. The first-order valence-electron chi connectivity index (χ1n) is 8.46. The summed E-state index contributed by atoms with van der Waals surface area (Å²) in [7, 11) is -4.28. The summed E-state index contributed by atoms with van der Waals surface area (Å²) in [5.41, 5.74) is -0.912. The fraction of sp³-hybridized carbons (Fsp3) is 0.222. The highest BCUT2D eigenvalue weighted by molar-refractivity contribution is 7.89. The molecule has 0 unspecified atom stereocenters. The smallest absolute Gasteiger partial charge is 0.416 e. The van der Waals surface area contributed by atoms with E-state index in [1.54, 1.807) is 6.07 Å². The molecule has 2 aromatic carbocycles. The molecule has 2 rings (SSSR count). The van der Waals surface area contributed by atoms with Gasteiger partial charge in [-0.1, -0.05) is 35.3 Å². The van der Waals surface area contributed by atoms with Crippen molar-refractivity contribution in [3.63, 3.8) is 0 Å². The highest BCUT2D eigenvalue weighted by Gasteiger charge is 2.31. The van der Waals surface area contributed by atoms with Crippen molar-refractivity contribution in [1.82, 2.24) is 4.72 Å². The minimum Gasteiger partial charge on any atom is -0.456 e. The summed E-state index contributed by atoms with van der Waals surface area (Å²) in [6.07, 6.45) is -5.16. The summed E-state index contributed by atoms with van der Waals surface area (Å²) < 4.78 is 69.1. The zero-order valence-corrected chi connectivity index (χ0v) is 17.8.